The number of allylic oxidation sites excluding steroid dienone is 2. The lowest BCUT2D eigenvalue weighted by Gasteiger charge is -2.26. The molecule has 1 heterocycles. The fraction of sp³-hybridized carbons (Fsp3) is 0.556. The van der Waals surface area contributed by atoms with Crippen LogP contribution in [0.1, 0.15) is 20.8 Å². The maximum atomic E-state index is 4.93. The molecule has 1 rings (SSSR count). The first kappa shape index (κ1) is 7.39. The van der Waals surface area contributed by atoms with Gasteiger partial charge in [0.1, 0.15) is 0 Å². The summed E-state index contributed by atoms with van der Waals surface area (Å²) >= 11 is 0. The molecule has 1 aliphatic rings. The summed E-state index contributed by atoms with van der Waals surface area (Å²) in [7, 11) is 0. The second-order valence-electron chi connectivity index (χ2n) is 3.68. The zero-order valence-corrected chi connectivity index (χ0v) is 6.79. The minimum Gasteiger partial charge on any atom is -0.473 e. The second kappa shape index (κ2) is 2.49. The summed E-state index contributed by atoms with van der Waals surface area (Å²) in [5.41, 5.74) is 0.316. The molecule has 0 spiro atoms. The van der Waals surface area contributed by atoms with Gasteiger partial charge in [0.2, 0.25) is 0 Å². The first-order chi connectivity index (χ1) is 4.61. The smallest absolute Gasteiger partial charge is 0.0867 e. The van der Waals surface area contributed by atoms with Crippen LogP contribution in [0.5, 0.6) is 0 Å². The van der Waals surface area contributed by atoms with Gasteiger partial charge in [-0.2, -0.15) is 0 Å². The van der Waals surface area contributed by atoms with Crippen LogP contribution in [0.4, 0.5) is 0 Å². The average molecular weight is 138 g/mol. The standard InChI is InChI=1S/C9H14O/c1-9(2,3)8-4-6-10-7-5-8/h4-8H,1-3H3. The Balaban J connectivity index is 2.64. The summed E-state index contributed by atoms with van der Waals surface area (Å²) < 4.78 is 4.93. The highest BCUT2D eigenvalue weighted by molar-refractivity contribution is 5.05. The van der Waals surface area contributed by atoms with Crippen LogP contribution in [0.2, 0.25) is 0 Å². The fourth-order valence-electron chi connectivity index (χ4n) is 0.947. The highest BCUT2D eigenvalue weighted by Crippen LogP contribution is 2.29. The van der Waals surface area contributed by atoms with Crippen LogP contribution in [0.15, 0.2) is 24.7 Å². The van der Waals surface area contributed by atoms with Gasteiger partial charge in [0, 0.05) is 5.92 Å². The Bertz CT molecular complexity index is 148. The molecule has 0 saturated carbocycles. The van der Waals surface area contributed by atoms with E-state index in [1.54, 1.807) is 12.5 Å². The van der Waals surface area contributed by atoms with Gasteiger partial charge < -0.3 is 4.74 Å². The van der Waals surface area contributed by atoms with Gasteiger partial charge in [-0.3, -0.25) is 0 Å². The van der Waals surface area contributed by atoms with E-state index in [1.807, 2.05) is 0 Å². The van der Waals surface area contributed by atoms with Crippen LogP contribution in [-0.4, -0.2) is 0 Å². The molecule has 1 heteroatoms. The third-order valence-electron chi connectivity index (χ3n) is 1.73. The molecule has 0 unspecified atom stereocenters. The van der Waals surface area contributed by atoms with E-state index in [1.165, 1.54) is 0 Å². The van der Waals surface area contributed by atoms with E-state index < -0.39 is 0 Å². The van der Waals surface area contributed by atoms with Crippen molar-refractivity contribution in [2.45, 2.75) is 20.8 Å². The lowest BCUT2D eigenvalue weighted by Crippen LogP contribution is -2.17. The minimum atomic E-state index is 0.316. The van der Waals surface area contributed by atoms with E-state index in [0.29, 0.717) is 11.3 Å². The molecule has 10 heavy (non-hydrogen) atoms. The molecular weight excluding hydrogens is 124 g/mol. The number of hydrogen-bond acceptors (Lipinski definition) is 1. The van der Waals surface area contributed by atoms with Crippen molar-refractivity contribution in [2.24, 2.45) is 11.3 Å². The van der Waals surface area contributed by atoms with Crippen LogP contribution in [0.25, 0.3) is 0 Å². The van der Waals surface area contributed by atoms with Crippen molar-refractivity contribution in [3.63, 3.8) is 0 Å². The summed E-state index contributed by atoms with van der Waals surface area (Å²) in [6.07, 6.45) is 7.66. The van der Waals surface area contributed by atoms with E-state index >= 15 is 0 Å². The third-order valence-corrected chi connectivity index (χ3v) is 1.73. The molecule has 56 valence electrons. The van der Waals surface area contributed by atoms with Crippen LogP contribution in [-0.2, 0) is 4.74 Å². The van der Waals surface area contributed by atoms with Crippen LogP contribution in [0.3, 0.4) is 0 Å². The summed E-state index contributed by atoms with van der Waals surface area (Å²) in [6, 6.07) is 0. The summed E-state index contributed by atoms with van der Waals surface area (Å²) in [6.45, 7) is 6.66. The van der Waals surface area contributed by atoms with Crippen LogP contribution in [0, 0.1) is 11.3 Å². The largest absolute Gasteiger partial charge is 0.473 e. The van der Waals surface area contributed by atoms with E-state index in [2.05, 4.69) is 32.9 Å². The maximum absolute atomic E-state index is 4.93. The molecule has 0 bridgehead atoms. The molecule has 1 aliphatic heterocycles. The zero-order chi connectivity index (χ0) is 7.61. The van der Waals surface area contributed by atoms with E-state index in [9.17, 15) is 0 Å². The monoisotopic (exact) mass is 138 g/mol. The zero-order valence-electron chi connectivity index (χ0n) is 6.79. The summed E-state index contributed by atoms with van der Waals surface area (Å²) in [4.78, 5) is 0. The highest BCUT2D eigenvalue weighted by Gasteiger charge is 2.20. The van der Waals surface area contributed by atoms with E-state index in [4.69, 9.17) is 4.74 Å². The van der Waals surface area contributed by atoms with Gasteiger partial charge in [0.15, 0.2) is 0 Å². The van der Waals surface area contributed by atoms with Gasteiger partial charge in [-0.25, -0.2) is 0 Å². The lowest BCUT2D eigenvalue weighted by atomic mass is 9.80. The van der Waals surface area contributed by atoms with Crippen molar-refractivity contribution >= 4 is 0 Å². The molecule has 0 saturated heterocycles. The molecule has 0 fully saturated rings. The topological polar surface area (TPSA) is 9.23 Å². The average Bonchev–Trinajstić information content (AvgIpc) is 1.88. The Hall–Kier alpha value is -0.720. The molecule has 0 aliphatic carbocycles. The molecule has 0 aromatic carbocycles. The highest BCUT2D eigenvalue weighted by atomic mass is 16.5. The van der Waals surface area contributed by atoms with Crippen molar-refractivity contribution in [3.05, 3.63) is 24.7 Å². The van der Waals surface area contributed by atoms with Gasteiger partial charge in [-0.1, -0.05) is 20.8 Å². The second-order valence-corrected chi connectivity index (χ2v) is 3.68. The number of hydrogen-bond donors (Lipinski definition) is 0. The third kappa shape index (κ3) is 1.63. The normalized spacial score (nSPS) is 19.1. The molecule has 0 atom stereocenters. The predicted molar refractivity (Wildman–Crippen MR) is 42.3 cm³/mol. The molecule has 0 radical (unpaired) electrons. The van der Waals surface area contributed by atoms with Crippen LogP contribution < -0.4 is 0 Å². The van der Waals surface area contributed by atoms with Gasteiger partial charge in [0.05, 0.1) is 12.5 Å². The predicted octanol–water partition coefficient (Wildman–Crippen LogP) is 2.71. The number of rotatable bonds is 0. The van der Waals surface area contributed by atoms with Crippen molar-refractivity contribution < 1.29 is 4.74 Å². The van der Waals surface area contributed by atoms with Gasteiger partial charge in [-0.15, -0.1) is 0 Å². The van der Waals surface area contributed by atoms with Crippen molar-refractivity contribution in [2.75, 3.05) is 0 Å². The molecule has 0 aromatic heterocycles. The van der Waals surface area contributed by atoms with Gasteiger partial charge in [0.25, 0.3) is 0 Å². The number of ether oxygens (including phenoxy) is 1. The maximum Gasteiger partial charge on any atom is 0.0867 e. The first-order valence-corrected chi connectivity index (χ1v) is 3.59. The Labute approximate surface area is 62.4 Å². The van der Waals surface area contributed by atoms with E-state index in [-0.39, 0.29) is 0 Å². The Kier molecular flexibility index (Phi) is 1.84. The Morgan fingerprint density at radius 2 is 1.60 bits per heavy atom. The summed E-state index contributed by atoms with van der Waals surface area (Å²) in [5.74, 6) is 0.515. The lowest BCUT2D eigenvalue weighted by molar-refractivity contribution is 0.305. The van der Waals surface area contributed by atoms with Crippen molar-refractivity contribution in [1.29, 1.82) is 0 Å². The first-order valence-electron chi connectivity index (χ1n) is 3.59. The fourth-order valence-corrected chi connectivity index (χ4v) is 0.947. The Morgan fingerprint density at radius 1 is 1.10 bits per heavy atom. The molecule has 1 nitrogen and oxygen atoms in total. The minimum absolute atomic E-state index is 0.316. The Morgan fingerprint density at radius 3 is 1.90 bits per heavy atom. The molecule has 0 amide bonds. The molecule has 0 N–H and O–H groups in total. The van der Waals surface area contributed by atoms with Crippen molar-refractivity contribution in [1.82, 2.24) is 0 Å². The van der Waals surface area contributed by atoms with Gasteiger partial charge in [-0.05, 0) is 17.6 Å². The van der Waals surface area contributed by atoms with Gasteiger partial charge >= 0.3 is 0 Å². The van der Waals surface area contributed by atoms with E-state index in [0.717, 1.165) is 0 Å². The molecular formula is C9H14O. The van der Waals surface area contributed by atoms with Crippen LogP contribution >= 0.6 is 0 Å². The molecule has 0 aromatic rings. The van der Waals surface area contributed by atoms with Crippen molar-refractivity contribution in [3.8, 4) is 0 Å². The quantitative estimate of drug-likeness (QED) is 0.500. The summed E-state index contributed by atoms with van der Waals surface area (Å²) in [5, 5.41) is 0. The SMILES string of the molecule is CC(C)(C)C1C=COC=C1.